The fourth-order valence-electron chi connectivity index (χ4n) is 2.51. The molecule has 0 bridgehead atoms. The SMILES string of the molecule is Cc1cc(N2CCCCC2C(=O)O)cc([N+](=O)[O-])c1. The van der Waals surface area contributed by atoms with Gasteiger partial charge in [0.05, 0.1) is 4.92 Å². The molecular weight excluding hydrogens is 248 g/mol. The van der Waals surface area contributed by atoms with E-state index in [0.29, 0.717) is 18.7 Å². The first-order valence-electron chi connectivity index (χ1n) is 6.24. The largest absolute Gasteiger partial charge is 0.480 e. The van der Waals surface area contributed by atoms with Crippen LogP contribution in [0.3, 0.4) is 0 Å². The summed E-state index contributed by atoms with van der Waals surface area (Å²) in [6.07, 6.45) is 2.37. The minimum absolute atomic E-state index is 0.00436. The first-order chi connectivity index (χ1) is 8.99. The van der Waals surface area contributed by atoms with Crippen molar-refractivity contribution in [2.75, 3.05) is 11.4 Å². The van der Waals surface area contributed by atoms with E-state index < -0.39 is 16.9 Å². The smallest absolute Gasteiger partial charge is 0.326 e. The average Bonchev–Trinajstić information content (AvgIpc) is 2.37. The molecule has 1 fully saturated rings. The molecule has 1 aliphatic rings. The van der Waals surface area contributed by atoms with Crippen molar-refractivity contribution in [2.45, 2.75) is 32.2 Å². The van der Waals surface area contributed by atoms with E-state index in [4.69, 9.17) is 0 Å². The fourth-order valence-corrected chi connectivity index (χ4v) is 2.51. The maximum absolute atomic E-state index is 11.3. The van der Waals surface area contributed by atoms with Crippen molar-refractivity contribution in [2.24, 2.45) is 0 Å². The number of rotatable bonds is 3. The van der Waals surface area contributed by atoms with Gasteiger partial charge in [0.25, 0.3) is 5.69 Å². The Kier molecular flexibility index (Phi) is 3.69. The molecule has 1 heterocycles. The van der Waals surface area contributed by atoms with Gasteiger partial charge in [0, 0.05) is 24.4 Å². The Morgan fingerprint density at radius 2 is 2.16 bits per heavy atom. The van der Waals surface area contributed by atoms with Gasteiger partial charge in [-0.1, -0.05) is 0 Å². The molecule has 0 amide bonds. The molecule has 0 aliphatic carbocycles. The Labute approximate surface area is 110 Å². The van der Waals surface area contributed by atoms with Crippen molar-refractivity contribution in [1.82, 2.24) is 0 Å². The second kappa shape index (κ2) is 5.26. The molecule has 1 unspecified atom stereocenters. The van der Waals surface area contributed by atoms with Crippen LogP contribution in [0.5, 0.6) is 0 Å². The average molecular weight is 264 g/mol. The van der Waals surface area contributed by atoms with Crippen molar-refractivity contribution in [1.29, 1.82) is 0 Å². The highest BCUT2D eigenvalue weighted by Gasteiger charge is 2.29. The molecule has 0 spiro atoms. The predicted octanol–water partition coefficient (Wildman–Crippen LogP) is 2.35. The van der Waals surface area contributed by atoms with Crippen LogP contribution in [-0.2, 0) is 4.79 Å². The summed E-state index contributed by atoms with van der Waals surface area (Å²) in [6, 6.07) is 4.15. The van der Waals surface area contributed by atoms with Crippen LogP contribution in [0.2, 0.25) is 0 Å². The van der Waals surface area contributed by atoms with E-state index in [-0.39, 0.29) is 5.69 Å². The predicted molar refractivity (Wildman–Crippen MR) is 70.5 cm³/mol. The lowest BCUT2D eigenvalue weighted by Crippen LogP contribution is -2.44. The van der Waals surface area contributed by atoms with E-state index in [9.17, 15) is 20.0 Å². The van der Waals surface area contributed by atoms with Gasteiger partial charge in [0.2, 0.25) is 0 Å². The molecule has 0 radical (unpaired) electrons. The lowest BCUT2D eigenvalue weighted by molar-refractivity contribution is -0.384. The molecule has 6 heteroatoms. The van der Waals surface area contributed by atoms with Crippen LogP contribution in [0.25, 0.3) is 0 Å². The van der Waals surface area contributed by atoms with Gasteiger partial charge in [-0.2, -0.15) is 0 Å². The van der Waals surface area contributed by atoms with Crippen molar-refractivity contribution in [3.8, 4) is 0 Å². The number of anilines is 1. The summed E-state index contributed by atoms with van der Waals surface area (Å²) < 4.78 is 0. The summed E-state index contributed by atoms with van der Waals surface area (Å²) in [5.74, 6) is -0.871. The topological polar surface area (TPSA) is 83.7 Å². The molecule has 1 atom stereocenters. The summed E-state index contributed by atoms with van der Waals surface area (Å²) in [7, 11) is 0. The van der Waals surface area contributed by atoms with Crippen LogP contribution in [-0.4, -0.2) is 28.6 Å². The van der Waals surface area contributed by atoms with Gasteiger partial charge in [0.1, 0.15) is 6.04 Å². The molecular formula is C13H16N2O4. The number of aliphatic carboxylic acids is 1. The molecule has 1 N–H and O–H groups in total. The number of nitro groups is 1. The minimum Gasteiger partial charge on any atom is -0.480 e. The Morgan fingerprint density at radius 3 is 2.79 bits per heavy atom. The van der Waals surface area contributed by atoms with Crippen LogP contribution < -0.4 is 4.90 Å². The maximum Gasteiger partial charge on any atom is 0.326 e. The van der Waals surface area contributed by atoms with Gasteiger partial charge < -0.3 is 10.0 Å². The minimum atomic E-state index is -0.871. The third-order valence-electron chi connectivity index (χ3n) is 3.38. The summed E-state index contributed by atoms with van der Waals surface area (Å²) in [6.45, 7) is 2.40. The first-order valence-corrected chi connectivity index (χ1v) is 6.24. The number of non-ortho nitro benzene ring substituents is 1. The standard InChI is InChI=1S/C13H16N2O4/c1-9-6-10(8-11(7-9)15(18)19)14-5-3-2-4-12(14)13(16)17/h6-8,12H,2-5H2,1H3,(H,16,17). The van der Waals surface area contributed by atoms with Gasteiger partial charge >= 0.3 is 5.97 Å². The second-order valence-electron chi connectivity index (χ2n) is 4.83. The number of carboxylic acids is 1. The third-order valence-corrected chi connectivity index (χ3v) is 3.38. The highest BCUT2D eigenvalue weighted by molar-refractivity contribution is 5.79. The summed E-state index contributed by atoms with van der Waals surface area (Å²) in [5, 5.41) is 20.1. The Balaban J connectivity index is 2.38. The van der Waals surface area contributed by atoms with Crippen molar-refractivity contribution >= 4 is 17.3 Å². The Hall–Kier alpha value is -2.11. The zero-order valence-corrected chi connectivity index (χ0v) is 10.7. The van der Waals surface area contributed by atoms with Crippen molar-refractivity contribution < 1.29 is 14.8 Å². The van der Waals surface area contributed by atoms with E-state index in [1.807, 2.05) is 0 Å². The van der Waals surface area contributed by atoms with E-state index in [2.05, 4.69) is 0 Å². The van der Waals surface area contributed by atoms with E-state index in [1.54, 1.807) is 17.9 Å². The van der Waals surface area contributed by atoms with Crippen molar-refractivity contribution in [3.63, 3.8) is 0 Å². The number of carbonyl (C=O) groups is 1. The molecule has 2 rings (SSSR count). The number of benzene rings is 1. The van der Waals surface area contributed by atoms with Crippen LogP contribution in [0.1, 0.15) is 24.8 Å². The summed E-state index contributed by atoms with van der Waals surface area (Å²) >= 11 is 0. The number of carboxylic acid groups (broad SMARTS) is 1. The van der Waals surface area contributed by atoms with Gasteiger partial charge in [0.15, 0.2) is 0 Å². The lowest BCUT2D eigenvalue weighted by Gasteiger charge is -2.34. The Morgan fingerprint density at radius 1 is 1.42 bits per heavy atom. The van der Waals surface area contributed by atoms with Gasteiger partial charge in [-0.3, -0.25) is 10.1 Å². The van der Waals surface area contributed by atoms with Gasteiger partial charge in [-0.15, -0.1) is 0 Å². The first kappa shape index (κ1) is 13.3. The summed E-state index contributed by atoms with van der Waals surface area (Å²) in [5.41, 5.74) is 1.39. The van der Waals surface area contributed by atoms with Crippen LogP contribution in [0.15, 0.2) is 18.2 Å². The molecule has 102 valence electrons. The molecule has 1 aromatic carbocycles. The Bertz CT molecular complexity index is 515. The lowest BCUT2D eigenvalue weighted by atomic mass is 10.0. The number of aryl methyl sites for hydroxylation is 1. The molecule has 19 heavy (non-hydrogen) atoms. The van der Waals surface area contributed by atoms with Crippen molar-refractivity contribution in [3.05, 3.63) is 33.9 Å². The van der Waals surface area contributed by atoms with Gasteiger partial charge in [-0.25, -0.2) is 4.79 Å². The molecule has 1 aromatic rings. The fraction of sp³-hybridized carbons (Fsp3) is 0.462. The second-order valence-corrected chi connectivity index (χ2v) is 4.83. The normalized spacial score (nSPS) is 19.2. The highest BCUT2D eigenvalue weighted by atomic mass is 16.6. The van der Waals surface area contributed by atoms with Crippen LogP contribution >= 0.6 is 0 Å². The maximum atomic E-state index is 11.3. The number of hydrogen-bond acceptors (Lipinski definition) is 4. The van der Waals surface area contributed by atoms with Crippen LogP contribution in [0, 0.1) is 17.0 Å². The van der Waals surface area contributed by atoms with E-state index >= 15 is 0 Å². The number of hydrogen-bond donors (Lipinski definition) is 1. The number of nitro benzene ring substituents is 1. The monoisotopic (exact) mass is 264 g/mol. The van der Waals surface area contributed by atoms with Crippen LogP contribution in [0.4, 0.5) is 11.4 Å². The molecule has 1 saturated heterocycles. The zero-order chi connectivity index (χ0) is 14.0. The molecule has 1 aliphatic heterocycles. The number of nitrogens with zero attached hydrogens (tertiary/aromatic N) is 2. The highest BCUT2D eigenvalue weighted by Crippen LogP contribution is 2.29. The molecule has 0 saturated carbocycles. The molecule has 0 aromatic heterocycles. The quantitative estimate of drug-likeness (QED) is 0.669. The molecule has 6 nitrogen and oxygen atoms in total. The van der Waals surface area contributed by atoms with E-state index in [1.165, 1.54) is 12.1 Å². The zero-order valence-electron chi connectivity index (χ0n) is 10.7. The summed E-state index contributed by atoms with van der Waals surface area (Å²) in [4.78, 5) is 23.4. The third kappa shape index (κ3) is 2.83. The van der Waals surface area contributed by atoms with Gasteiger partial charge in [-0.05, 0) is 37.8 Å². The van der Waals surface area contributed by atoms with E-state index in [0.717, 1.165) is 18.4 Å². The number of piperidine rings is 1.